The van der Waals surface area contributed by atoms with Gasteiger partial charge in [0, 0.05) is 39.3 Å². The lowest BCUT2D eigenvalue weighted by molar-refractivity contribution is 0.120. The smallest absolute Gasteiger partial charge is 0.231 e. The minimum Gasteiger partial charge on any atom is -0.454 e. The SMILES string of the molecule is c1cc(CN2CCN(Cc3ccc4c(c3)OCO4)CC2)n2ncnc2c1. The zero-order chi connectivity index (χ0) is 17.3. The van der Waals surface area contributed by atoms with Gasteiger partial charge in [0.25, 0.3) is 0 Å². The van der Waals surface area contributed by atoms with Crippen LogP contribution in [0, 0.1) is 0 Å². The maximum Gasteiger partial charge on any atom is 0.231 e. The van der Waals surface area contributed by atoms with Crippen molar-refractivity contribution in [2.75, 3.05) is 33.0 Å². The van der Waals surface area contributed by atoms with Crippen molar-refractivity contribution in [2.45, 2.75) is 13.1 Å². The molecular weight excluding hydrogens is 330 g/mol. The quantitative estimate of drug-likeness (QED) is 0.714. The van der Waals surface area contributed by atoms with Crippen LogP contribution in [0.15, 0.2) is 42.7 Å². The third-order valence-corrected chi connectivity index (χ3v) is 5.07. The summed E-state index contributed by atoms with van der Waals surface area (Å²) in [5.41, 5.74) is 3.36. The van der Waals surface area contributed by atoms with Gasteiger partial charge in [0.05, 0.1) is 5.69 Å². The summed E-state index contributed by atoms with van der Waals surface area (Å²) >= 11 is 0. The molecule has 1 saturated heterocycles. The fourth-order valence-electron chi connectivity index (χ4n) is 3.65. The third kappa shape index (κ3) is 3.00. The molecule has 2 aliphatic heterocycles. The van der Waals surface area contributed by atoms with Gasteiger partial charge >= 0.3 is 0 Å². The maximum atomic E-state index is 5.48. The molecule has 26 heavy (non-hydrogen) atoms. The van der Waals surface area contributed by atoms with E-state index < -0.39 is 0 Å². The summed E-state index contributed by atoms with van der Waals surface area (Å²) in [6, 6.07) is 12.4. The van der Waals surface area contributed by atoms with Crippen LogP contribution in [0.25, 0.3) is 5.65 Å². The maximum absolute atomic E-state index is 5.48. The van der Waals surface area contributed by atoms with Crippen molar-refractivity contribution < 1.29 is 9.47 Å². The van der Waals surface area contributed by atoms with Crippen molar-refractivity contribution in [3.05, 3.63) is 54.0 Å². The summed E-state index contributed by atoms with van der Waals surface area (Å²) in [6.45, 7) is 6.40. The number of aromatic nitrogens is 3. The Morgan fingerprint density at radius 2 is 1.69 bits per heavy atom. The highest BCUT2D eigenvalue weighted by molar-refractivity contribution is 5.44. The number of ether oxygens (including phenoxy) is 2. The van der Waals surface area contributed by atoms with Crippen LogP contribution in [0.2, 0.25) is 0 Å². The van der Waals surface area contributed by atoms with Gasteiger partial charge in [0.15, 0.2) is 17.1 Å². The minimum absolute atomic E-state index is 0.329. The van der Waals surface area contributed by atoms with E-state index in [0.717, 1.165) is 56.4 Å². The van der Waals surface area contributed by atoms with E-state index in [9.17, 15) is 0 Å². The van der Waals surface area contributed by atoms with Gasteiger partial charge in [-0.3, -0.25) is 9.80 Å². The van der Waals surface area contributed by atoms with E-state index in [-0.39, 0.29) is 0 Å². The van der Waals surface area contributed by atoms with Gasteiger partial charge in [-0.1, -0.05) is 12.1 Å². The average Bonchev–Trinajstić information content (AvgIpc) is 3.32. The van der Waals surface area contributed by atoms with Crippen molar-refractivity contribution in [1.29, 1.82) is 0 Å². The van der Waals surface area contributed by atoms with Crippen LogP contribution in [0.1, 0.15) is 11.3 Å². The van der Waals surface area contributed by atoms with Gasteiger partial charge in [-0.25, -0.2) is 9.50 Å². The summed E-state index contributed by atoms with van der Waals surface area (Å²) in [5, 5.41) is 4.33. The van der Waals surface area contributed by atoms with Gasteiger partial charge in [-0.2, -0.15) is 5.10 Å². The zero-order valence-corrected chi connectivity index (χ0v) is 14.5. The van der Waals surface area contributed by atoms with Crippen LogP contribution >= 0.6 is 0 Å². The lowest BCUT2D eigenvalue weighted by Gasteiger charge is -2.34. The summed E-state index contributed by atoms with van der Waals surface area (Å²) in [6.07, 6.45) is 1.61. The van der Waals surface area contributed by atoms with Crippen LogP contribution in [-0.4, -0.2) is 57.4 Å². The predicted octanol–water partition coefficient (Wildman–Crippen LogP) is 1.78. The monoisotopic (exact) mass is 351 g/mol. The number of nitrogens with zero attached hydrogens (tertiary/aromatic N) is 5. The van der Waals surface area contributed by atoms with E-state index in [1.807, 2.05) is 16.6 Å². The largest absolute Gasteiger partial charge is 0.454 e. The van der Waals surface area contributed by atoms with Crippen molar-refractivity contribution in [3.63, 3.8) is 0 Å². The van der Waals surface area contributed by atoms with E-state index in [1.54, 1.807) is 6.33 Å². The Labute approximate surface area is 151 Å². The summed E-state index contributed by atoms with van der Waals surface area (Å²) in [4.78, 5) is 9.23. The lowest BCUT2D eigenvalue weighted by atomic mass is 10.1. The molecule has 1 fully saturated rings. The Hall–Kier alpha value is -2.64. The molecule has 0 spiro atoms. The molecule has 3 aromatic rings. The van der Waals surface area contributed by atoms with Gasteiger partial charge < -0.3 is 9.47 Å². The number of hydrogen-bond acceptors (Lipinski definition) is 6. The normalized spacial score (nSPS) is 17.8. The molecule has 0 N–H and O–H groups in total. The molecule has 2 aromatic heterocycles. The molecule has 7 heteroatoms. The van der Waals surface area contributed by atoms with Crippen LogP contribution in [-0.2, 0) is 13.1 Å². The number of fused-ring (bicyclic) bond motifs is 2. The number of rotatable bonds is 4. The van der Waals surface area contributed by atoms with Gasteiger partial charge in [0.1, 0.15) is 6.33 Å². The van der Waals surface area contributed by atoms with Gasteiger partial charge in [-0.05, 0) is 29.8 Å². The molecule has 4 heterocycles. The molecule has 0 atom stereocenters. The number of benzene rings is 1. The van der Waals surface area contributed by atoms with E-state index >= 15 is 0 Å². The molecule has 1 aromatic carbocycles. The molecule has 5 rings (SSSR count). The standard InChI is InChI=1S/C19H21N5O2/c1-2-16(24-19(3-1)20-13-21-24)12-23-8-6-22(7-9-23)11-15-4-5-17-18(10-15)26-14-25-17/h1-5,10,13H,6-9,11-12,14H2. The molecule has 0 amide bonds. The molecular formula is C19H21N5O2. The van der Waals surface area contributed by atoms with Crippen molar-refractivity contribution >= 4 is 5.65 Å². The lowest BCUT2D eigenvalue weighted by Crippen LogP contribution is -2.45. The number of pyridine rings is 1. The summed E-state index contributed by atoms with van der Waals surface area (Å²) in [5.74, 6) is 1.71. The van der Waals surface area contributed by atoms with Crippen molar-refractivity contribution in [3.8, 4) is 11.5 Å². The first-order valence-electron chi connectivity index (χ1n) is 8.96. The highest BCUT2D eigenvalue weighted by Crippen LogP contribution is 2.32. The molecule has 0 bridgehead atoms. The fraction of sp³-hybridized carbons (Fsp3) is 0.368. The summed E-state index contributed by atoms with van der Waals surface area (Å²) < 4.78 is 12.8. The van der Waals surface area contributed by atoms with Gasteiger partial charge in [0.2, 0.25) is 6.79 Å². The average molecular weight is 351 g/mol. The Balaban J connectivity index is 1.19. The predicted molar refractivity (Wildman–Crippen MR) is 96.1 cm³/mol. The Bertz CT molecular complexity index is 917. The molecule has 7 nitrogen and oxygen atoms in total. The van der Waals surface area contributed by atoms with Gasteiger partial charge in [-0.15, -0.1) is 0 Å². The van der Waals surface area contributed by atoms with Crippen LogP contribution < -0.4 is 9.47 Å². The molecule has 0 radical (unpaired) electrons. The topological polar surface area (TPSA) is 55.1 Å². The Kier molecular flexibility index (Phi) is 3.95. The fourth-order valence-corrected chi connectivity index (χ4v) is 3.65. The van der Waals surface area contributed by atoms with E-state index in [2.05, 4.69) is 44.1 Å². The number of piperazine rings is 1. The summed E-state index contributed by atoms with van der Waals surface area (Å²) in [7, 11) is 0. The highest BCUT2D eigenvalue weighted by atomic mass is 16.7. The van der Waals surface area contributed by atoms with Crippen LogP contribution in [0.3, 0.4) is 0 Å². The first kappa shape index (κ1) is 15.6. The van der Waals surface area contributed by atoms with E-state index in [1.165, 1.54) is 11.3 Å². The highest BCUT2D eigenvalue weighted by Gasteiger charge is 2.19. The van der Waals surface area contributed by atoms with E-state index in [4.69, 9.17) is 9.47 Å². The first-order chi connectivity index (χ1) is 12.8. The van der Waals surface area contributed by atoms with Crippen LogP contribution in [0.5, 0.6) is 11.5 Å². The minimum atomic E-state index is 0.329. The van der Waals surface area contributed by atoms with E-state index in [0.29, 0.717) is 6.79 Å². The van der Waals surface area contributed by atoms with Crippen LogP contribution in [0.4, 0.5) is 0 Å². The zero-order valence-electron chi connectivity index (χ0n) is 14.5. The molecule has 134 valence electrons. The number of hydrogen-bond donors (Lipinski definition) is 0. The van der Waals surface area contributed by atoms with Crippen molar-refractivity contribution in [1.82, 2.24) is 24.4 Å². The molecule has 2 aliphatic rings. The second-order valence-corrected chi connectivity index (χ2v) is 6.79. The molecule has 0 aliphatic carbocycles. The molecule has 0 saturated carbocycles. The third-order valence-electron chi connectivity index (χ3n) is 5.07. The first-order valence-corrected chi connectivity index (χ1v) is 8.96. The second kappa shape index (κ2) is 6.59. The Morgan fingerprint density at radius 1 is 0.885 bits per heavy atom. The Morgan fingerprint density at radius 3 is 2.58 bits per heavy atom. The second-order valence-electron chi connectivity index (χ2n) is 6.79. The molecule has 0 unspecified atom stereocenters. The van der Waals surface area contributed by atoms with Crippen molar-refractivity contribution in [2.24, 2.45) is 0 Å².